The summed E-state index contributed by atoms with van der Waals surface area (Å²) in [6.07, 6.45) is 0. The molecule has 16 rings (SSSR count). The summed E-state index contributed by atoms with van der Waals surface area (Å²) in [5.74, 6) is -0.625. The van der Waals surface area contributed by atoms with Gasteiger partial charge in [0.25, 0.3) is 0 Å². The van der Waals surface area contributed by atoms with Crippen molar-refractivity contribution in [1.29, 1.82) is 0 Å². The molecule has 0 atom stereocenters. The van der Waals surface area contributed by atoms with Gasteiger partial charge < -0.3 is 13.7 Å². The second-order valence-corrected chi connectivity index (χ2v) is 22.7. The van der Waals surface area contributed by atoms with Crippen LogP contribution in [-0.2, 0) is 5.54 Å². The first-order valence-electron chi connectivity index (χ1n) is 25.7. The SMILES string of the molecule is CC(C)(c1c(-n2c3ccccc3c3c4c(ccc32)sc2ccccc24)c(-c2ccc(F)cc2)cc(-c2ccc(F)cc2)c1-n1c2ccccc2c2c3c(ccc21)sc1ccccc13)n1c2ccccc2c2ccccc21. The Labute approximate surface area is 442 Å². The normalized spacial score (nSPS) is 12.5. The maximum atomic E-state index is 15.5. The van der Waals surface area contributed by atoms with Crippen LogP contribution in [0.4, 0.5) is 8.78 Å². The zero-order chi connectivity index (χ0) is 50.6. The number of halogens is 2. The van der Waals surface area contributed by atoms with Crippen LogP contribution < -0.4 is 0 Å². The molecule has 0 radical (unpaired) electrons. The standard InChI is InChI=1S/C69H43F2N3S2/c1-69(2,74-54-23-11-3-15-44(54)45-16-4-12-24-55(45)74)66-67(72-52-21-9-5-17-46(52)62-56(72)35-37-60-64(62)48-19-7-13-25-58(48)75-60)50(40-27-31-42(70)32-28-40)39-51(41-29-33-43(71)34-30-41)68(66)73-53-22-10-6-18-47(53)63-57(73)36-38-61-65(63)49-20-8-14-26-59(49)76-61/h3-39H,1-2H3. The second kappa shape index (κ2) is 16.1. The van der Waals surface area contributed by atoms with Gasteiger partial charge in [0, 0.05) is 100 Å². The van der Waals surface area contributed by atoms with E-state index in [1.54, 1.807) is 24.3 Å². The van der Waals surface area contributed by atoms with Gasteiger partial charge in [-0.15, -0.1) is 22.7 Å². The summed E-state index contributed by atoms with van der Waals surface area (Å²) in [6.45, 7) is 4.74. The molecule has 0 saturated carbocycles. The van der Waals surface area contributed by atoms with Crippen LogP contribution in [0.5, 0.6) is 0 Å². The van der Waals surface area contributed by atoms with Crippen molar-refractivity contribution in [3.63, 3.8) is 0 Å². The summed E-state index contributed by atoms with van der Waals surface area (Å²) >= 11 is 3.65. The topological polar surface area (TPSA) is 14.8 Å². The maximum Gasteiger partial charge on any atom is 0.123 e. The van der Waals surface area contributed by atoms with Gasteiger partial charge in [0.2, 0.25) is 0 Å². The Morgan fingerprint density at radius 1 is 0.329 bits per heavy atom. The molecule has 5 heterocycles. The van der Waals surface area contributed by atoms with Crippen molar-refractivity contribution >= 4 is 128 Å². The number of hydrogen-bond acceptors (Lipinski definition) is 2. The van der Waals surface area contributed by atoms with Gasteiger partial charge in [-0.3, -0.25) is 0 Å². The average molecular weight is 1020 g/mol. The van der Waals surface area contributed by atoms with Gasteiger partial charge in [-0.1, -0.05) is 133 Å². The van der Waals surface area contributed by atoms with E-state index in [0.29, 0.717) is 0 Å². The number of benzene rings is 11. The molecule has 11 aromatic carbocycles. The number of aromatic nitrogens is 3. The van der Waals surface area contributed by atoms with Crippen molar-refractivity contribution in [1.82, 2.24) is 13.7 Å². The monoisotopic (exact) mass is 1020 g/mol. The highest BCUT2D eigenvalue weighted by atomic mass is 32.1. The molecular formula is C69H43F2N3S2. The minimum atomic E-state index is -0.883. The van der Waals surface area contributed by atoms with Gasteiger partial charge in [-0.2, -0.15) is 0 Å². The zero-order valence-electron chi connectivity index (χ0n) is 41.3. The lowest BCUT2D eigenvalue weighted by Crippen LogP contribution is -2.31. The zero-order valence-corrected chi connectivity index (χ0v) is 42.9. The van der Waals surface area contributed by atoms with Crippen molar-refractivity contribution in [2.45, 2.75) is 19.4 Å². The predicted molar refractivity (Wildman–Crippen MR) is 320 cm³/mol. The summed E-state index contributed by atoms with van der Waals surface area (Å²) in [5.41, 5.74) is 12.1. The van der Waals surface area contributed by atoms with Gasteiger partial charge >= 0.3 is 0 Å². The van der Waals surface area contributed by atoms with Crippen molar-refractivity contribution in [2.24, 2.45) is 0 Å². The third-order valence-electron chi connectivity index (χ3n) is 16.1. The molecule has 7 heteroatoms. The molecule has 0 aliphatic carbocycles. The third kappa shape index (κ3) is 6.01. The lowest BCUT2D eigenvalue weighted by atomic mass is 9.82. The van der Waals surface area contributed by atoms with E-state index < -0.39 is 5.54 Å². The van der Waals surface area contributed by atoms with Gasteiger partial charge in [-0.25, -0.2) is 8.78 Å². The molecule has 0 aliphatic rings. The third-order valence-corrected chi connectivity index (χ3v) is 18.4. The molecule has 0 saturated heterocycles. The fourth-order valence-electron chi connectivity index (χ4n) is 13.1. The average Bonchev–Trinajstić information content (AvgIpc) is 4.28. The highest BCUT2D eigenvalue weighted by Gasteiger charge is 2.38. The lowest BCUT2D eigenvalue weighted by molar-refractivity contribution is 0.462. The second-order valence-electron chi connectivity index (χ2n) is 20.6. The molecule has 0 N–H and O–H groups in total. The van der Waals surface area contributed by atoms with Gasteiger partial charge in [0.15, 0.2) is 0 Å². The smallest absolute Gasteiger partial charge is 0.123 e. The molecule has 0 unspecified atom stereocenters. The Kier molecular flexibility index (Phi) is 9.20. The van der Waals surface area contributed by atoms with E-state index in [1.807, 2.05) is 46.9 Å². The largest absolute Gasteiger partial charge is 0.330 e. The molecular weight excluding hydrogens is 973 g/mol. The number of para-hydroxylation sites is 4. The summed E-state index contributed by atoms with van der Waals surface area (Å²) in [4.78, 5) is 0. The predicted octanol–water partition coefficient (Wildman–Crippen LogP) is 20.1. The first-order valence-corrected chi connectivity index (χ1v) is 27.3. The van der Waals surface area contributed by atoms with Gasteiger partial charge in [-0.05, 0) is 116 Å². The molecule has 0 fully saturated rings. The molecule has 0 aliphatic heterocycles. The fraction of sp³-hybridized carbons (Fsp3) is 0.0435. The Balaban J connectivity index is 1.20. The first-order chi connectivity index (χ1) is 37.3. The maximum absolute atomic E-state index is 15.5. The number of thiophene rings is 2. The summed E-state index contributed by atoms with van der Waals surface area (Å²) in [7, 11) is 0. The molecule has 0 amide bonds. The summed E-state index contributed by atoms with van der Waals surface area (Å²) in [5, 5.41) is 11.9. The Morgan fingerprint density at radius 2 is 0.697 bits per heavy atom. The van der Waals surface area contributed by atoms with E-state index in [9.17, 15) is 0 Å². The Morgan fingerprint density at radius 3 is 1.13 bits per heavy atom. The van der Waals surface area contributed by atoms with E-state index >= 15 is 8.78 Å². The lowest BCUT2D eigenvalue weighted by Gasteiger charge is -2.37. The quantitative estimate of drug-likeness (QED) is 0.158. The van der Waals surface area contributed by atoms with Crippen LogP contribution in [0.3, 0.4) is 0 Å². The minimum absolute atomic E-state index is 0.312. The van der Waals surface area contributed by atoms with Crippen LogP contribution in [-0.4, -0.2) is 13.7 Å². The van der Waals surface area contributed by atoms with E-state index in [0.717, 1.165) is 93.8 Å². The molecule has 360 valence electrons. The molecule has 5 aromatic heterocycles. The first kappa shape index (κ1) is 43.5. The van der Waals surface area contributed by atoms with E-state index in [-0.39, 0.29) is 11.6 Å². The Bertz CT molecular complexity index is 4790. The Hall–Kier alpha value is -8.88. The molecule has 16 aromatic rings. The van der Waals surface area contributed by atoms with E-state index in [4.69, 9.17) is 0 Å². The minimum Gasteiger partial charge on any atom is -0.330 e. The highest BCUT2D eigenvalue weighted by molar-refractivity contribution is 7.26. The highest BCUT2D eigenvalue weighted by Crippen LogP contribution is 2.54. The number of rotatable bonds is 6. The van der Waals surface area contributed by atoms with Crippen molar-refractivity contribution in [2.75, 3.05) is 0 Å². The van der Waals surface area contributed by atoms with Crippen molar-refractivity contribution in [3.05, 3.63) is 242 Å². The molecule has 0 bridgehead atoms. The van der Waals surface area contributed by atoms with Crippen LogP contribution in [0.2, 0.25) is 0 Å². The van der Waals surface area contributed by atoms with Crippen LogP contribution >= 0.6 is 22.7 Å². The van der Waals surface area contributed by atoms with Gasteiger partial charge in [0.05, 0.1) is 39.0 Å². The summed E-state index contributed by atoms with van der Waals surface area (Å²) in [6, 6.07) is 78.1. The van der Waals surface area contributed by atoms with Crippen LogP contribution in [0.25, 0.3) is 139 Å². The summed E-state index contributed by atoms with van der Waals surface area (Å²) < 4.78 is 43.4. The van der Waals surface area contributed by atoms with E-state index in [2.05, 4.69) is 203 Å². The number of nitrogens with zero attached hydrogens (tertiary/aromatic N) is 3. The van der Waals surface area contributed by atoms with Crippen molar-refractivity contribution < 1.29 is 8.78 Å². The van der Waals surface area contributed by atoms with E-state index in [1.165, 1.54) is 51.1 Å². The van der Waals surface area contributed by atoms with Crippen molar-refractivity contribution in [3.8, 4) is 33.6 Å². The molecule has 3 nitrogen and oxygen atoms in total. The van der Waals surface area contributed by atoms with Crippen LogP contribution in [0.1, 0.15) is 19.4 Å². The van der Waals surface area contributed by atoms with Crippen LogP contribution in [0.15, 0.2) is 224 Å². The molecule has 76 heavy (non-hydrogen) atoms. The number of hydrogen-bond donors (Lipinski definition) is 0. The number of fused-ring (bicyclic) bond motifs is 17. The molecule has 0 spiro atoms. The van der Waals surface area contributed by atoms with Crippen LogP contribution in [0, 0.1) is 11.6 Å². The van der Waals surface area contributed by atoms with Gasteiger partial charge in [0.1, 0.15) is 11.6 Å². The fourth-order valence-corrected chi connectivity index (χ4v) is 15.3.